The summed E-state index contributed by atoms with van der Waals surface area (Å²) >= 11 is 0. The maximum atomic E-state index is 13.4. The lowest BCUT2D eigenvalue weighted by Crippen LogP contribution is -2.13. The molecule has 3 rings (SSSR count). The molecule has 0 saturated carbocycles. The Bertz CT molecular complexity index is 767. The van der Waals surface area contributed by atoms with E-state index < -0.39 is 0 Å². The number of para-hydroxylation sites is 1. The molecule has 0 radical (unpaired) electrons. The van der Waals surface area contributed by atoms with Crippen molar-refractivity contribution in [3.05, 3.63) is 66.9 Å². The van der Waals surface area contributed by atoms with E-state index in [0.29, 0.717) is 19.1 Å². The van der Waals surface area contributed by atoms with Crippen LogP contribution in [0.4, 0.5) is 10.3 Å². The molecule has 6 heteroatoms. The third-order valence-electron chi connectivity index (χ3n) is 3.09. The highest BCUT2D eigenvalue weighted by Gasteiger charge is 2.03. The second kappa shape index (κ2) is 7.31. The Kier molecular flexibility index (Phi) is 4.73. The van der Waals surface area contributed by atoms with Crippen LogP contribution < -0.4 is 10.1 Å². The van der Waals surface area contributed by atoms with Gasteiger partial charge in [0.05, 0.1) is 12.2 Å². The van der Waals surface area contributed by atoms with E-state index in [2.05, 4.69) is 20.3 Å². The number of pyridine rings is 1. The summed E-state index contributed by atoms with van der Waals surface area (Å²) in [4.78, 5) is 12.6. The van der Waals surface area contributed by atoms with Crippen molar-refractivity contribution in [1.29, 1.82) is 0 Å². The van der Waals surface area contributed by atoms with Gasteiger partial charge in [0.2, 0.25) is 5.95 Å². The van der Waals surface area contributed by atoms with Crippen molar-refractivity contribution in [2.45, 2.75) is 0 Å². The quantitative estimate of drug-likeness (QED) is 0.709. The van der Waals surface area contributed by atoms with E-state index in [1.807, 2.05) is 18.2 Å². The minimum absolute atomic E-state index is 0.235. The first-order valence-electron chi connectivity index (χ1n) is 7.17. The molecule has 2 heterocycles. The third-order valence-corrected chi connectivity index (χ3v) is 3.09. The fourth-order valence-corrected chi connectivity index (χ4v) is 2.00. The molecule has 1 N–H and O–H groups in total. The zero-order valence-corrected chi connectivity index (χ0v) is 12.3. The fourth-order valence-electron chi connectivity index (χ4n) is 2.00. The van der Waals surface area contributed by atoms with Gasteiger partial charge in [0.1, 0.15) is 6.61 Å². The number of anilines is 1. The van der Waals surface area contributed by atoms with Crippen molar-refractivity contribution in [3.8, 4) is 17.0 Å². The van der Waals surface area contributed by atoms with Crippen molar-refractivity contribution in [2.24, 2.45) is 0 Å². The largest absolute Gasteiger partial charge is 0.489 e. The van der Waals surface area contributed by atoms with Crippen molar-refractivity contribution < 1.29 is 9.13 Å². The number of aromatic nitrogens is 3. The van der Waals surface area contributed by atoms with Crippen LogP contribution in [0.1, 0.15) is 0 Å². The first-order chi connectivity index (χ1) is 11.3. The topological polar surface area (TPSA) is 59.9 Å². The van der Waals surface area contributed by atoms with Crippen LogP contribution in [-0.2, 0) is 0 Å². The summed E-state index contributed by atoms with van der Waals surface area (Å²) in [6.07, 6.45) is 5.13. The number of ether oxygens (including phenoxy) is 1. The van der Waals surface area contributed by atoms with Gasteiger partial charge in [-0.1, -0.05) is 12.1 Å². The molecule has 0 unspecified atom stereocenters. The zero-order chi connectivity index (χ0) is 15.9. The van der Waals surface area contributed by atoms with Crippen LogP contribution in [-0.4, -0.2) is 28.1 Å². The van der Waals surface area contributed by atoms with Gasteiger partial charge < -0.3 is 10.1 Å². The van der Waals surface area contributed by atoms with Crippen LogP contribution in [0.15, 0.2) is 61.1 Å². The summed E-state index contributed by atoms with van der Waals surface area (Å²) in [5.41, 5.74) is 1.70. The molecule has 1 aromatic carbocycles. The van der Waals surface area contributed by atoms with E-state index in [-0.39, 0.29) is 11.6 Å². The van der Waals surface area contributed by atoms with Crippen LogP contribution in [0, 0.1) is 5.82 Å². The molecule has 23 heavy (non-hydrogen) atoms. The number of rotatable bonds is 6. The Hall–Kier alpha value is -3.02. The van der Waals surface area contributed by atoms with E-state index in [1.165, 1.54) is 6.07 Å². The van der Waals surface area contributed by atoms with Crippen molar-refractivity contribution in [3.63, 3.8) is 0 Å². The normalized spacial score (nSPS) is 10.3. The molecule has 0 fully saturated rings. The van der Waals surface area contributed by atoms with Crippen LogP contribution in [0.2, 0.25) is 0 Å². The molecule has 116 valence electrons. The Morgan fingerprint density at radius 1 is 1.04 bits per heavy atom. The maximum absolute atomic E-state index is 13.4. The molecule has 3 aromatic rings. The Balaban J connectivity index is 1.56. The maximum Gasteiger partial charge on any atom is 0.223 e. The molecule has 0 bridgehead atoms. The minimum atomic E-state index is -0.373. The molecule has 0 amide bonds. The molecular weight excluding hydrogens is 295 g/mol. The highest BCUT2D eigenvalue weighted by molar-refractivity contribution is 5.58. The number of halogens is 1. The van der Waals surface area contributed by atoms with E-state index in [1.54, 1.807) is 36.8 Å². The molecule has 0 atom stereocenters. The second-order valence-electron chi connectivity index (χ2n) is 4.71. The second-order valence-corrected chi connectivity index (χ2v) is 4.71. The van der Waals surface area contributed by atoms with Crippen LogP contribution in [0.3, 0.4) is 0 Å². The summed E-state index contributed by atoms with van der Waals surface area (Å²) in [7, 11) is 0. The van der Waals surface area contributed by atoms with Gasteiger partial charge in [-0.3, -0.25) is 4.98 Å². The third kappa shape index (κ3) is 4.00. The Morgan fingerprint density at radius 3 is 2.78 bits per heavy atom. The zero-order valence-electron chi connectivity index (χ0n) is 12.3. The van der Waals surface area contributed by atoms with Gasteiger partial charge in [-0.05, 0) is 30.3 Å². The van der Waals surface area contributed by atoms with Gasteiger partial charge in [0.15, 0.2) is 11.6 Å². The number of hydrogen-bond donors (Lipinski definition) is 1. The van der Waals surface area contributed by atoms with E-state index in [9.17, 15) is 4.39 Å². The number of nitrogens with zero attached hydrogens (tertiary/aromatic N) is 3. The molecule has 0 aliphatic carbocycles. The summed E-state index contributed by atoms with van der Waals surface area (Å²) in [5.74, 6) is 0.352. The first-order valence-corrected chi connectivity index (χ1v) is 7.17. The molecular formula is C17H15FN4O. The average molecular weight is 310 g/mol. The monoisotopic (exact) mass is 310 g/mol. The summed E-state index contributed by atoms with van der Waals surface area (Å²) in [6.45, 7) is 0.770. The van der Waals surface area contributed by atoms with Gasteiger partial charge in [-0.15, -0.1) is 0 Å². The molecule has 0 spiro atoms. The Labute approximate surface area is 133 Å². The summed E-state index contributed by atoms with van der Waals surface area (Å²) in [6, 6.07) is 11.9. The fraction of sp³-hybridized carbons (Fsp3) is 0.118. The standard InChI is InChI=1S/C17H15FN4O/c18-14-5-1-2-6-16(14)23-11-10-21-17-20-9-7-15(22-17)13-4-3-8-19-12-13/h1-9,12H,10-11H2,(H,20,21,22). The average Bonchev–Trinajstić information content (AvgIpc) is 2.61. The SMILES string of the molecule is Fc1ccccc1OCCNc1nccc(-c2cccnc2)n1. The van der Waals surface area contributed by atoms with Gasteiger partial charge in [-0.2, -0.15) is 0 Å². The van der Waals surface area contributed by atoms with Crippen LogP contribution in [0.25, 0.3) is 11.3 Å². The van der Waals surface area contributed by atoms with Crippen LogP contribution >= 0.6 is 0 Å². The lowest BCUT2D eigenvalue weighted by atomic mass is 10.2. The van der Waals surface area contributed by atoms with Gasteiger partial charge >= 0.3 is 0 Å². The van der Waals surface area contributed by atoms with E-state index in [4.69, 9.17) is 4.74 Å². The molecule has 2 aromatic heterocycles. The highest BCUT2D eigenvalue weighted by atomic mass is 19.1. The van der Waals surface area contributed by atoms with E-state index >= 15 is 0 Å². The number of hydrogen-bond acceptors (Lipinski definition) is 5. The van der Waals surface area contributed by atoms with Gasteiger partial charge in [0.25, 0.3) is 0 Å². The molecule has 0 saturated heterocycles. The smallest absolute Gasteiger partial charge is 0.223 e. The lowest BCUT2D eigenvalue weighted by molar-refractivity contribution is 0.315. The van der Waals surface area contributed by atoms with Crippen LogP contribution in [0.5, 0.6) is 5.75 Å². The predicted octanol–water partition coefficient (Wildman–Crippen LogP) is 3.17. The number of benzene rings is 1. The van der Waals surface area contributed by atoms with Crippen molar-refractivity contribution in [1.82, 2.24) is 15.0 Å². The first kappa shape index (κ1) is 14.9. The summed E-state index contributed by atoms with van der Waals surface area (Å²) < 4.78 is 18.8. The molecule has 0 aliphatic heterocycles. The number of nitrogens with one attached hydrogen (secondary N) is 1. The van der Waals surface area contributed by atoms with Crippen molar-refractivity contribution in [2.75, 3.05) is 18.5 Å². The summed E-state index contributed by atoms with van der Waals surface area (Å²) in [5, 5.41) is 3.05. The minimum Gasteiger partial charge on any atom is -0.489 e. The highest BCUT2D eigenvalue weighted by Crippen LogP contribution is 2.16. The predicted molar refractivity (Wildman–Crippen MR) is 85.6 cm³/mol. The molecule has 5 nitrogen and oxygen atoms in total. The van der Waals surface area contributed by atoms with Crippen molar-refractivity contribution >= 4 is 5.95 Å². The van der Waals surface area contributed by atoms with Gasteiger partial charge in [0, 0.05) is 24.2 Å². The van der Waals surface area contributed by atoms with Gasteiger partial charge in [-0.25, -0.2) is 14.4 Å². The van der Waals surface area contributed by atoms with E-state index in [0.717, 1.165) is 11.3 Å². The lowest BCUT2D eigenvalue weighted by Gasteiger charge is -2.09. The Morgan fingerprint density at radius 2 is 1.96 bits per heavy atom. The molecule has 0 aliphatic rings.